The van der Waals surface area contributed by atoms with Crippen LogP contribution in [-0.4, -0.2) is 25.0 Å². The Balaban J connectivity index is 1.64. The molecule has 3 heterocycles. The molecule has 29 heavy (non-hydrogen) atoms. The first kappa shape index (κ1) is 18.4. The van der Waals surface area contributed by atoms with Crippen LogP contribution in [0.25, 0.3) is 17.1 Å². The number of hydrogen-bond acceptors (Lipinski definition) is 5. The Kier molecular flexibility index (Phi) is 4.55. The van der Waals surface area contributed by atoms with Gasteiger partial charge in [-0.15, -0.1) is 0 Å². The van der Waals surface area contributed by atoms with E-state index in [1.807, 2.05) is 30.3 Å². The minimum Gasteiger partial charge on any atom is -0.858 e. The van der Waals surface area contributed by atoms with Crippen molar-refractivity contribution in [3.63, 3.8) is 0 Å². The third-order valence-corrected chi connectivity index (χ3v) is 4.65. The predicted octanol–water partition coefficient (Wildman–Crippen LogP) is -0.456. The topological polar surface area (TPSA) is 112 Å². The molecule has 146 valence electrons. The smallest absolute Gasteiger partial charge is 0.403 e. The highest BCUT2D eigenvalue weighted by Gasteiger charge is 2.21. The van der Waals surface area contributed by atoms with E-state index in [0.717, 1.165) is 10.1 Å². The highest BCUT2D eigenvalue weighted by atomic mass is 16.3. The van der Waals surface area contributed by atoms with Crippen molar-refractivity contribution in [1.29, 1.82) is 0 Å². The number of aromatic amines is 1. The van der Waals surface area contributed by atoms with Crippen molar-refractivity contribution in [3.05, 3.63) is 86.8 Å². The van der Waals surface area contributed by atoms with Crippen molar-refractivity contribution in [2.45, 2.75) is 6.54 Å². The van der Waals surface area contributed by atoms with Crippen LogP contribution in [0.15, 0.2) is 69.4 Å². The van der Waals surface area contributed by atoms with Crippen molar-refractivity contribution in [2.24, 2.45) is 19.1 Å². The molecule has 0 bridgehead atoms. The number of nitrogens with zero attached hydrogens (tertiary/aromatic N) is 5. The van der Waals surface area contributed by atoms with Gasteiger partial charge in [-0.1, -0.05) is 30.3 Å². The predicted molar refractivity (Wildman–Crippen MR) is 105 cm³/mol. The molecule has 4 aromatic rings. The van der Waals surface area contributed by atoms with Crippen LogP contribution in [0.5, 0.6) is 0 Å². The summed E-state index contributed by atoms with van der Waals surface area (Å²) in [5.74, 6) is 0.0420. The van der Waals surface area contributed by atoms with Crippen LogP contribution >= 0.6 is 0 Å². The van der Waals surface area contributed by atoms with Gasteiger partial charge in [0.1, 0.15) is 0 Å². The van der Waals surface area contributed by atoms with Crippen molar-refractivity contribution < 1.29 is 9.67 Å². The summed E-state index contributed by atoms with van der Waals surface area (Å²) in [6.45, 7) is 0.315. The van der Waals surface area contributed by atoms with Crippen LogP contribution in [-0.2, 0) is 20.6 Å². The van der Waals surface area contributed by atoms with E-state index in [2.05, 4.69) is 15.0 Å². The molecule has 3 aromatic heterocycles. The van der Waals surface area contributed by atoms with Crippen LogP contribution in [0.4, 0.5) is 0 Å². The average molecular weight is 390 g/mol. The number of imidazole rings is 1. The fraction of sp³-hybridized carbons (Fsp3) is 0.150. The molecular formula is C20H18N6O3. The fourth-order valence-electron chi connectivity index (χ4n) is 2.98. The van der Waals surface area contributed by atoms with Crippen molar-refractivity contribution in [2.75, 3.05) is 0 Å². The molecule has 0 saturated carbocycles. The molecular weight excluding hydrogens is 372 g/mol. The Hall–Kier alpha value is -4.01. The summed E-state index contributed by atoms with van der Waals surface area (Å²) in [6, 6.07) is 12.8. The zero-order chi connectivity index (χ0) is 20.5. The zero-order valence-corrected chi connectivity index (χ0v) is 15.9. The van der Waals surface area contributed by atoms with E-state index in [-0.39, 0.29) is 17.1 Å². The van der Waals surface area contributed by atoms with Gasteiger partial charge < -0.3 is 5.11 Å². The number of rotatable bonds is 4. The van der Waals surface area contributed by atoms with Crippen molar-refractivity contribution in [1.82, 2.24) is 19.1 Å². The Labute approximate surface area is 164 Å². The van der Waals surface area contributed by atoms with Gasteiger partial charge in [0.25, 0.3) is 11.2 Å². The van der Waals surface area contributed by atoms with E-state index >= 15 is 0 Å². The van der Waals surface area contributed by atoms with Crippen molar-refractivity contribution >= 4 is 17.1 Å². The Morgan fingerprint density at radius 3 is 2.48 bits per heavy atom. The molecule has 0 aliphatic heterocycles. The van der Waals surface area contributed by atoms with E-state index < -0.39 is 11.2 Å². The molecule has 0 aliphatic rings. The van der Waals surface area contributed by atoms with Gasteiger partial charge in [0.05, 0.1) is 18.9 Å². The highest BCUT2D eigenvalue weighted by Crippen LogP contribution is 2.05. The summed E-state index contributed by atoms with van der Waals surface area (Å²) in [5, 5.41) is 12.3. The summed E-state index contributed by atoms with van der Waals surface area (Å²) < 4.78 is 3.94. The van der Waals surface area contributed by atoms with E-state index in [1.165, 1.54) is 11.6 Å². The van der Waals surface area contributed by atoms with E-state index in [4.69, 9.17) is 0 Å². The fourth-order valence-corrected chi connectivity index (χ4v) is 2.98. The molecule has 0 radical (unpaired) electrons. The molecule has 4 rings (SSSR count). The largest absolute Gasteiger partial charge is 0.858 e. The second-order valence-corrected chi connectivity index (χ2v) is 6.57. The SMILES string of the molecule is Cn1c(=O)c2[nH]c(-[n+]3ccc(C([O-])=NCc4ccccc4)cc3)nc2n(C)c1=O. The van der Waals surface area contributed by atoms with Gasteiger partial charge in [0, 0.05) is 14.1 Å². The van der Waals surface area contributed by atoms with Gasteiger partial charge in [-0.3, -0.25) is 18.9 Å². The third kappa shape index (κ3) is 3.33. The van der Waals surface area contributed by atoms with Gasteiger partial charge in [-0.25, -0.2) is 14.3 Å². The molecule has 0 saturated heterocycles. The molecule has 0 spiro atoms. The Bertz CT molecular complexity index is 1330. The first-order valence-electron chi connectivity index (χ1n) is 8.89. The van der Waals surface area contributed by atoms with Crippen molar-refractivity contribution in [3.8, 4) is 5.95 Å². The number of aryl methyl sites for hydroxylation is 1. The molecule has 1 N–H and O–H groups in total. The van der Waals surface area contributed by atoms with Gasteiger partial charge in [-0.2, -0.15) is 0 Å². The van der Waals surface area contributed by atoms with E-state index in [0.29, 0.717) is 18.1 Å². The first-order chi connectivity index (χ1) is 14.0. The molecule has 0 atom stereocenters. The molecule has 0 aliphatic carbocycles. The standard InChI is InChI=1S/C20H18N6O3/c1-24-16-15(18(28)25(2)20(24)29)22-19(23-16)26-10-8-14(9-11-26)17(27)21-12-13-6-4-3-5-7-13/h3-11H,12H2,1-2H3,(H-,21,22,23,27,28). The number of nitrogens with one attached hydrogen (secondary N) is 1. The van der Waals surface area contributed by atoms with Gasteiger partial charge >= 0.3 is 11.6 Å². The average Bonchev–Trinajstić information content (AvgIpc) is 3.21. The number of H-pyrrole nitrogens is 1. The number of aromatic nitrogens is 5. The number of fused-ring (bicyclic) bond motifs is 1. The second kappa shape index (κ2) is 7.19. The van der Waals surface area contributed by atoms with E-state index in [9.17, 15) is 14.7 Å². The summed E-state index contributed by atoms with van der Waals surface area (Å²) in [5.41, 5.74) is 0.993. The molecule has 0 fully saturated rings. The minimum atomic E-state index is -0.452. The summed E-state index contributed by atoms with van der Waals surface area (Å²) in [4.78, 5) is 35.7. The molecule has 0 unspecified atom stereocenters. The first-order valence-corrected chi connectivity index (χ1v) is 8.89. The monoisotopic (exact) mass is 390 g/mol. The minimum absolute atomic E-state index is 0.232. The van der Waals surface area contributed by atoms with Crippen LogP contribution in [0.3, 0.4) is 0 Å². The number of pyridine rings is 1. The maximum atomic E-state index is 12.3. The molecule has 0 amide bonds. The van der Waals surface area contributed by atoms with Gasteiger partial charge in [-0.05, 0) is 34.1 Å². The summed E-state index contributed by atoms with van der Waals surface area (Å²) in [6.07, 6.45) is 3.29. The lowest BCUT2D eigenvalue weighted by atomic mass is 10.2. The molecule has 9 heteroatoms. The number of hydrogen-bond donors (Lipinski definition) is 1. The lowest BCUT2D eigenvalue weighted by Gasteiger charge is -2.10. The maximum absolute atomic E-state index is 12.3. The van der Waals surface area contributed by atoms with Crippen LogP contribution < -0.4 is 20.9 Å². The van der Waals surface area contributed by atoms with Gasteiger partial charge in [0.15, 0.2) is 0 Å². The maximum Gasteiger partial charge on any atom is 0.403 e. The lowest BCUT2D eigenvalue weighted by Crippen LogP contribution is -2.36. The van der Waals surface area contributed by atoms with Crippen LogP contribution in [0, 0.1) is 0 Å². The highest BCUT2D eigenvalue weighted by molar-refractivity contribution is 5.90. The Morgan fingerprint density at radius 1 is 1.10 bits per heavy atom. The third-order valence-electron chi connectivity index (χ3n) is 4.65. The zero-order valence-electron chi connectivity index (χ0n) is 15.9. The van der Waals surface area contributed by atoms with Crippen LogP contribution in [0.2, 0.25) is 0 Å². The lowest BCUT2D eigenvalue weighted by molar-refractivity contribution is -0.603. The Morgan fingerprint density at radius 2 is 1.79 bits per heavy atom. The normalized spacial score (nSPS) is 11.9. The second-order valence-electron chi connectivity index (χ2n) is 6.57. The summed E-state index contributed by atoms with van der Waals surface area (Å²) >= 11 is 0. The van der Waals surface area contributed by atoms with Gasteiger partial charge in [0.2, 0.25) is 5.52 Å². The number of benzene rings is 1. The number of aliphatic imine (C=N–C) groups is 1. The quantitative estimate of drug-likeness (QED) is 0.289. The summed E-state index contributed by atoms with van der Waals surface area (Å²) in [7, 11) is 2.96. The molecule has 9 nitrogen and oxygen atoms in total. The molecule has 1 aromatic carbocycles. The van der Waals surface area contributed by atoms with Crippen LogP contribution in [0.1, 0.15) is 11.1 Å². The van der Waals surface area contributed by atoms with E-state index in [1.54, 1.807) is 36.1 Å².